The van der Waals surface area contributed by atoms with Crippen molar-refractivity contribution in [3.63, 3.8) is 0 Å². The van der Waals surface area contributed by atoms with Crippen molar-refractivity contribution in [2.24, 2.45) is 5.92 Å². The van der Waals surface area contributed by atoms with Gasteiger partial charge >= 0.3 is 11.9 Å². The number of benzene rings is 2. The molecule has 0 unspecified atom stereocenters. The largest absolute Gasteiger partial charge is 0.494 e. The van der Waals surface area contributed by atoms with Gasteiger partial charge in [0.2, 0.25) is 0 Å². The van der Waals surface area contributed by atoms with E-state index in [-0.39, 0.29) is 13.2 Å². The number of carbonyl (C=O) groups excluding carboxylic acids is 2. The molecule has 0 spiro atoms. The molecule has 0 radical (unpaired) electrons. The molecule has 0 bridgehead atoms. The molecular formula is C26H31NO5. The fraction of sp³-hybridized carbons (Fsp3) is 0.423. The Balaban J connectivity index is 1.68. The Labute approximate surface area is 190 Å². The molecule has 170 valence electrons. The molecular weight excluding hydrogens is 406 g/mol. The van der Waals surface area contributed by atoms with E-state index < -0.39 is 17.9 Å². The van der Waals surface area contributed by atoms with E-state index in [0.29, 0.717) is 18.6 Å². The van der Waals surface area contributed by atoms with E-state index >= 15 is 0 Å². The number of nitriles is 1. The summed E-state index contributed by atoms with van der Waals surface area (Å²) in [6, 6.07) is 17.5. The number of ether oxygens (including phenoxy) is 3. The number of nitrogens with zero attached hydrogens (tertiary/aromatic N) is 1. The molecule has 0 atom stereocenters. The lowest BCUT2D eigenvalue weighted by Gasteiger charge is -2.14. The van der Waals surface area contributed by atoms with Gasteiger partial charge in [-0.2, -0.15) is 5.26 Å². The van der Waals surface area contributed by atoms with Crippen LogP contribution in [0.25, 0.3) is 11.1 Å². The summed E-state index contributed by atoms with van der Waals surface area (Å²) < 4.78 is 15.8. The molecule has 0 aliphatic carbocycles. The Kier molecular flexibility index (Phi) is 10.8. The average Bonchev–Trinajstić information content (AvgIpc) is 2.81. The first kappa shape index (κ1) is 24.9. The van der Waals surface area contributed by atoms with Crippen LogP contribution in [0.4, 0.5) is 0 Å². The molecule has 6 heteroatoms. The van der Waals surface area contributed by atoms with Gasteiger partial charge in [0.25, 0.3) is 0 Å². The van der Waals surface area contributed by atoms with Gasteiger partial charge in [-0.1, -0.05) is 43.5 Å². The van der Waals surface area contributed by atoms with Crippen LogP contribution >= 0.6 is 0 Å². The second kappa shape index (κ2) is 13.9. The van der Waals surface area contributed by atoms with Gasteiger partial charge in [0.1, 0.15) is 5.75 Å². The molecule has 0 heterocycles. The van der Waals surface area contributed by atoms with Crippen molar-refractivity contribution in [1.82, 2.24) is 0 Å². The van der Waals surface area contributed by atoms with E-state index in [1.165, 1.54) is 0 Å². The lowest BCUT2D eigenvalue weighted by Crippen LogP contribution is -2.28. The van der Waals surface area contributed by atoms with Crippen LogP contribution in [-0.4, -0.2) is 31.8 Å². The number of hydrogen-bond donors (Lipinski definition) is 0. The fourth-order valence-corrected chi connectivity index (χ4v) is 3.29. The SMILES string of the molecule is CCOC(=O)C(CCCCCCOc1ccc(-c2ccc(C#N)cc2)cc1)C(=O)OCC. The molecule has 2 aromatic rings. The Morgan fingerprint density at radius 2 is 1.34 bits per heavy atom. The third kappa shape index (κ3) is 8.07. The summed E-state index contributed by atoms with van der Waals surface area (Å²) in [6.45, 7) is 4.55. The molecule has 6 nitrogen and oxygen atoms in total. The minimum atomic E-state index is -0.833. The Morgan fingerprint density at radius 3 is 1.88 bits per heavy atom. The van der Waals surface area contributed by atoms with Crippen LogP contribution in [0.15, 0.2) is 48.5 Å². The van der Waals surface area contributed by atoms with Crippen LogP contribution in [0.1, 0.15) is 51.5 Å². The summed E-state index contributed by atoms with van der Waals surface area (Å²) in [5.74, 6) is -1.02. The summed E-state index contributed by atoms with van der Waals surface area (Å²) in [5.41, 5.74) is 2.77. The molecule has 0 aliphatic heterocycles. The molecule has 0 aliphatic rings. The summed E-state index contributed by atoms with van der Waals surface area (Å²) in [6.07, 6.45) is 3.93. The van der Waals surface area contributed by atoms with Gasteiger partial charge in [0, 0.05) is 0 Å². The van der Waals surface area contributed by atoms with Crippen molar-refractivity contribution in [3.8, 4) is 22.9 Å². The van der Waals surface area contributed by atoms with E-state index in [9.17, 15) is 9.59 Å². The number of hydrogen-bond acceptors (Lipinski definition) is 6. The summed E-state index contributed by atoms with van der Waals surface area (Å²) >= 11 is 0. The third-order valence-electron chi connectivity index (χ3n) is 5.00. The van der Waals surface area contributed by atoms with Crippen molar-refractivity contribution >= 4 is 11.9 Å². The highest BCUT2D eigenvalue weighted by Crippen LogP contribution is 2.23. The van der Waals surface area contributed by atoms with Crippen LogP contribution in [0.2, 0.25) is 0 Å². The maximum Gasteiger partial charge on any atom is 0.320 e. The van der Waals surface area contributed by atoms with E-state index in [4.69, 9.17) is 19.5 Å². The van der Waals surface area contributed by atoms with Crippen LogP contribution < -0.4 is 4.74 Å². The number of unbranched alkanes of at least 4 members (excludes halogenated alkanes) is 3. The van der Waals surface area contributed by atoms with Gasteiger partial charge in [0.15, 0.2) is 5.92 Å². The van der Waals surface area contributed by atoms with E-state index in [1.807, 2.05) is 36.4 Å². The molecule has 32 heavy (non-hydrogen) atoms. The quantitative estimate of drug-likeness (QED) is 0.240. The third-order valence-corrected chi connectivity index (χ3v) is 5.00. The molecule has 0 amide bonds. The summed E-state index contributed by atoms with van der Waals surface area (Å²) in [5, 5.41) is 8.89. The van der Waals surface area contributed by atoms with Crippen LogP contribution in [0.5, 0.6) is 5.75 Å². The monoisotopic (exact) mass is 437 g/mol. The highest BCUT2D eigenvalue weighted by Gasteiger charge is 2.28. The standard InChI is InChI=1S/C26H31NO5/c1-3-30-25(28)24(26(29)31-4-2)9-7-5-6-8-18-32-23-16-14-22(15-17-23)21-12-10-20(19-27)11-13-21/h10-17,24H,3-9,18H2,1-2H3. The molecule has 0 saturated heterocycles. The lowest BCUT2D eigenvalue weighted by atomic mass is 10.0. The Bertz CT molecular complexity index is 866. The van der Waals surface area contributed by atoms with Crippen molar-refractivity contribution in [1.29, 1.82) is 5.26 Å². The Hall–Kier alpha value is -3.33. The first-order chi connectivity index (χ1) is 15.6. The smallest absolute Gasteiger partial charge is 0.320 e. The predicted molar refractivity (Wildman–Crippen MR) is 122 cm³/mol. The van der Waals surface area contributed by atoms with Crippen molar-refractivity contribution < 1.29 is 23.8 Å². The zero-order valence-electron chi connectivity index (χ0n) is 18.8. The van der Waals surface area contributed by atoms with Crippen molar-refractivity contribution in [2.75, 3.05) is 19.8 Å². The van der Waals surface area contributed by atoms with Gasteiger partial charge in [-0.05, 0) is 62.1 Å². The van der Waals surface area contributed by atoms with Gasteiger partial charge in [-0.25, -0.2) is 0 Å². The molecule has 0 fully saturated rings. The van der Waals surface area contributed by atoms with Gasteiger partial charge in [-0.15, -0.1) is 0 Å². The van der Waals surface area contributed by atoms with E-state index in [1.54, 1.807) is 26.0 Å². The Morgan fingerprint density at radius 1 is 0.812 bits per heavy atom. The maximum atomic E-state index is 12.0. The minimum absolute atomic E-state index is 0.251. The number of carbonyl (C=O) groups is 2. The zero-order chi connectivity index (χ0) is 23.2. The van der Waals surface area contributed by atoms with Crippen molar-refractivity contribution in [2.45, 2.75) is 46.0 Å². The highest BCUT2D eigenvalue weighted by atomic mass is 16.6. The first-order valence-corrected chi connectivity index (χ1v) is 11.2. The van der Waals surface area contributed by atoms with Gasteiger partial charge in [0.05, 0.1) is 31.5 Å². The van der Waals surface area contributed by atoms with Gasteiger partial charge < -0.3 is 14.2 Å². The predicted octanol–water partition coefficient (Wildman–Crippen LogP) is 5.30. The topological polar surface area (TPSA) is 85.6 Å². The highest BCUT2D eigenvalue weighted by molar-refractivity contribution is 5.94. The maximum absolute atomic E-state index is 12.0. The van der Waals surface area contributed by atoms with Crippen molar-refractivity contribution in [3.05, 3.63) is 54.1 Å². The van der Waals surface area contributed by atoms with Gasteiger partial charge in [-0.3, -0.25) is 9.59 Å². The zero-order valence-corrected chi connectivity index (χ0v) is 18.8. The van der Waals surface area contributed by atoms with E-state index in [2.05, 4.69) is 6.07 Å². The molecule has 0 aromatic heterocycles. The van der Waals surface area contributed by atoms with E-state index in [0.717, 1.165) is 42.6 Å². The normalized spacial score (nSPS) is 10.4. The first-order valence-electron chi connectivity index (χ1n) is 11.2. The fourth-order valence-electron chi connectivity index (χ4n) is 3.29. The van der Waals surface area contributed by atoms with Crippen LogP contribution in [-0.2, 0) is 19.1 Å². The number of esters is 2. The number of rotatable bonds is 13. The molecule has 2 rings (SSSR count). The molecule has 0 N–H and O–H groups in total. The average molecular weight is 438 g/mol. The minimum Gasteiger partial charge on any atom is -0.494 e. The molecule has 2 aromatic carbocycles. The van der Waals surface area contributed by atoms with Crippen LogP contribution in [0.3, 0.4) is 0 Å². The lowest BCUT2D eigenvalue weighted by molar-refractivity contribution is -0.161. The van der Waals surface area contributed by atoms with Crippen LogP contribution in [0, 0.1) is 17.2 Å². The summed E-state index contributed by atoms with van der Waals surface area (Å²) in [4.78, 5) is 23.9. The molecule has 0 saturated carbocycles. The summed E-state index contributed by atoms with van der Waals surface area (Å²) in [7, 11) is 0. The second-order valence-corrected chi connectivity index (χ2v) is 7.32. The second-order valence-electron chi connectivity index (χ2n) is 7.32.